The van der Waals surface area contributed by atoms with Crippen LogP contribution >= 0.6 is 0 Å². The van der Waals surface area contributed by atoms with Gasteiger partial charge in [-0.25, -0.2) is 13.2 Å². The minimum absolute atomic E-state index is 0.0607. The van der Waals surface area contributed by atoms with E-state index in [1.807, 2.05) is 0 Å². The average molecular weight is 477 g/mol. The van der Waals surface area contributed by atoms with Crippen LogP contribution in [0.4, 0.5) is 5.69 Å². The van der Waals surface area contributed by atoms with Gasteiger partial charge in [-0.3, -0.25) is 9.52 Å². The lowest BCUT2D eigenvalue weighted by Crippen LogP contribution is -2.41. The van der Waals surface area contributed by atoms with Crippen LogP contribution in [-0.4, -0.2) is 70.8 Å². The van der Waals surface area contributed by atoms with Gasteiger partial charge in [-0.1, -0.05) is 12.1 Å². The molecule has 2 N–H and O–H groups in total. The molecular weight excluding hydrogens is 452 g/mol. The standard InChI is InChI=1S/C22H24N2O8S/c1-30-18-13-15(7-8-20(25)26)14-19(21(18)31-2)33(28,29)23-17-6-4-3-5-16(17)22(27)24-9-11-32-12-10-24/h3-8,13-14,23H,9-12H2,1-2H3,(H,25,26)/b8-7-. The fourth-order valence-electron chi connectivity index (χ4n) is 3.31. The number of hydrogen-bond donors (Lipinski definition) is 2. The largest absolute Gasteiger partial charge is 0.493 e. The highest BCUT2D eigenvalue weighted by Crippen LogP contribution is 2.37. The molecule has 0 saturated carbocycles. The summed E-state index contributed by atoms with van der Waals surface area (Å²) in [4.78, 5) is 25.2. The van der Waals surface area contributed by atoms with Crippen molar-refractivity contribution in [3.8, 4) is 11.5 Å². The van der Waals surface area contributed by atoms with E-state index in [1.54, 1.807) is 23.1 Å². The Balaban J connectivity index is 2.02. The van der Waals surface area contributed by atoms with Crippen molar-refractivity contribution < 1.29 is 37.3 Å². The first-order chi connectivity index (χ1) is 15.8. The lowest BCUT2D eigenvalue weighted by Gasteiger charge is -2.27. The Morgan fingerprint density at radius 2 is 1.82 bits per heavy atom. The Morgan fingerprint density at radius 3 is 2.45 bits per heavy atom. The molecule has 1 amide bonds. The summed E-state index contributed by atoms with van der Waals surface area (Å²) < 4.78 is 45.0. The Kier molecular flexibility index (Phi) is 7.56. The molecule has 1 fully saturated rings. The van der Waals surface area contributed by atoms with Gasteiger partial charge >= 0.3 is 5.97 Å². The van der Waals surface area contributed by atoms with Crippen LogP contribution in [0.25, 0.3) is 6.08 Å². The molecule has 0 bridgehead atoms. The molecule has 2 aromatic rings. The number of ether oxygens (including phenoxy) is 3. The van der Waals surface area contributed by atoms with Gasteiger partial charge in [0.1, 0.15) is 4.90 Å². The van der Waals surface area contributed by atoms with Gasteiger partial charge in [0.25, 0.3) is 15.9 Å². The molecule has 3 rings (SSSR count). The molecule has 1 saturated heterocycles. The number of nitrogens with one attached hydrogen (secondary N) is 1. The summed E-state index contributed by atoms with van der Waals surface area (Å²) in [6.45, 7) is 1.63. The summed E-state index contributed by atoms with van der Waals surface area (Å²) in [6, 6.07) is 9.00. The Bertz CT molecular complexity index is 1170. The highest BCUT2D eigenvalue weighted by molar-refractivity contribution is 7.92. The molecule has 10 nitrogen and oxygen atoms in total. The molecule has 0 spiro atoms. The van der Waals surface area contributed by atoms with E-state index in [9.17, 15) is 18.0 Å². The zero-order valence-electron chi connectivity index (χ0n) is 18.1. The highest BCUT2D eigenvalue weighted by atomic mass is 32.2. The number of carboxylic acid groups (broad SMARTS) is 1. The first-order valence-corrected chi connectivity index (χ1v) is 11.4. The maximum absolute atomic E-state index is 13.4. The maximum atomic E-state index is 13.4. The number of benzene rings is 2. The SMILES string of the molecule is COc1cc(/C=C\C(=O)O)cc(S(=O)(=O)Nc2ccccc2C(=O)N2CCOCC2)c1OC. The molecule has 33 heavy (non-hydrogen) atoms. The first-order valence-electron chi connectivity index (χ1n) is 9.92. The van der Waals surface area contributed by atoms with Gasteiger partial charge < -0.3 is 24.2 Å². The van der Waals surface area contributed by atoms with Crippen molar-refractivity contribution in [1.29, 1.82) is 0 Å². The third kappa shape index (κ3) is 5.62. The summed E-state index contributed by atoms with van der Waals surface area (Å²) in [5.41, 5.74) is 0.561. The number of carbonyl (C=O) groups excluding carboxylic acids is 1. The number of morpholine rings is 1. The van der Waals surface area contributed by atoms with Crippen LogP contribution in [0, 0.1) is 0 Å². The molecule has 0 atom stereocenters. The zero-order valence-corrected chi connectivity index (χ0v) is 18.9. The van der Waals surface area contributed by atoms with Gasteiger partial charge in [0.15, 0.2) is 11.5 Å². The third-order valence-corrected chi connectivity index (χ3v) is 6.25. The second kappa shape index (κ2) is 10.4. The van der Waals surface area contributed by atoms with Crippen LogP contribution in [0.3, 0.4) is 0 Å². The highest BCUT2D eigenvalue weighted by Gasteiger charge is 2.27. The number of hydrogen-bond acceptors (Lipinski definition) is 7. The van der Waals surface area contributed by atoms with Gasteiger partial charge in [0.2, 0.25) is 0 Å². The number of rotatable bonds is 8. The predicted molar refractivity (Wildman–Crippen MR) is 120 cm³/mol. The first kappa shape index (κ1) is 24.1. The molecule has 1 aliphatic heterocycles. The Morgan fingerprint density at radius 1 is 1.12 bits per heavy atom. The lowest BCUT2D eigenvalue weighted by atomic mass is 10.1. The number of carboxylic acids is 1. The zero-order chi connectivity index (χ0) is 24.0. The summed E-state index contributed by atoms with van der Waals surface area (Å²) in [7, 11) is -1.64. The van der Waals surface area contributed by atoms with E-state index in [-0.39, 0.29) is 39.1 Å². The number of carbonyl (C=O) groups is 2. The number of methoxy groups -OCH3 is 2. The molecule has 0 aliphatic carbocycles. The number of anilines is 1. The van der Waals surface area contributed by atoms with E-state index < -0.39 is 16.0 Å². The number of nitrogens with zero attached hydrogens (tertiary/aromatic N) is 1. The monoisotopic (exact) mass is 476 g/mol. The molecule has 1 aliphatic rings. The second-order valence-electron chi connectivity index (χ2n) is 6.98. The normalized spacial score (nSPS) is 14.2. The van der Waals surface area contributed by atoms with E-state index in [0.717, 1.165) is 6.08 Å². The van der Waals surface area contributed by atoms with Crippen molar-refractivity contribution >= 4 is 33.7 Å². The summed E-state index contributed by atoms with van der Waals surface area (Å²) in [5, 5.41) is 8.90. The van der Waals surface area contributed by atoms with Crippen LogP contribution in [0.2, 0.25) is 0 Å². The topological polar surface area (TPSA) is 131 Å². The summed E-state index contributed by atoms with van der Waals surface area (Å²) in [5.74, 6) is -1.47. The molecule has 0 radical (unpaired) electrons. The van der Waals surface area contributed by atoms with Crippen molar-refractivity contribution in [3.05, 3.63) is 53.6 Å². The van der Waals surface area contributed by atoms with E-state index in [2.05, 4.69) is 4.72 Å². The van der Waals surface area contributed by atoms with Crippen LogP contribution in [0.1, 0.15) is 15.9 Å². The van der Waals surface area contributed by atoms with Crippen LogP contribution < -0.4 is 14.2 Å². The molecule has 1 heterocycles. The molecule has 0 unspecified atom stereocenters. The van der Waals surface area contributed by atoms with E-state index in [1.165, 1.54) is 38.5 Å². The second-order valence-corrected chi connectivity index (χ2v) is 8.63. The minimum Gasteiger partial charge on any atom is -0.493 e. The molecule has 11 heteroatoms. The van der Waals surface area contributed by atoms with Gasteiger partial charge in [0, 0.05) is 19.2 Å². The lowest BCUT2D eigenvalue weighted by molar-refractivity contribution is -0.131. The minimum atomic E-state index is -4.27. The fourth-order valence-corrected chi connectivity index (χ4v) is 4.60. The van der Waals surface area contributed by atoms with Crippen molar-refractivity contribution in [2.75, 3.05) is 45.2 Å². The molecule has 0 aromatic heterocycles. The van der Waals surface area contributed by atoms with Crippen molar-refractivity contribution in [1.82, 2.24) is 4.90 Å². The van der Waals surface area contributed by atoms with Crippen LogP contribution in [0.5, 0.6) is 11.5 Å². The van der Waals surface area contributed by atoms with Crippen LogP contribution in [-0.2, 0) is 19.6 Å². The third-order valence-electron chi connectivity index (χ3n) is 4.88. The van der Waals surface area contributed by atoms with Gasteiger partial charge in [0.05, 0.1) is 38.7 Å². The van der Waals surface area contributed by atoms with E-state index in [0.29, 0.717) is 26.3 Å². The van der Waals surface area contributed by atoms with Crippen molar-refractivity contribution in [3.63, 3.8) is 0 Å². The summed E-state index contributed by atoms with van der Waals surface area (Å²) in [6.07, 6.45) is 2.11. The summed E-state index contributed by atoms with van der Waals surface area (Å²) >= 11 is 0. The predicted octanol–water partition coefficient (Wildman–Crippen LogP) is 2.07. The Hall–Kier alpha value is -3.57. The molecule has 176 valence electrons. The smallest absolute Gasteiger partial charge is 0.328 e. The number of sulfonamides is 1. The van der Waals surface area contributed by atoms with Gasteiger partial charge in [-0.15, -0.1) is 0 Å². The van der Waals surface area contributed by atoms with Gasteiger partial charge in [-0.2, -0.15) is 0 Å². The average Bonchev–Trinajstić information content (AvgIpc) is 2.82. The quantitative estimate of drug-likeness (QED) is 0.554. The van der Waals surface area contributed by atoms with Crippen molar-refractivity contribution in [2.24, 2.45) is 0 Å². The van der Waals surface area contributed by atoms with E-state index >= 15 is 0 Å². The maximum Gasteiger partial charge on any atom is 0.328 e. The fraction of sp³-hybridized carbons (Fsp3) is 0.273. The van der Waals surface area contributed by atoms with Gasteiger partial charge in [-0.05, 0) is 35.9 Å². The number of amides is 1. The van der Waals surface area contributed by atoms with Crippen LogP contribution in [0.15, 0.2) is 47.4 Å². The number of para-hydroxylation sites is 1. The Labute approximate surface area is 191 Å². The molecular formula is C22H24N2O8S. The van der Waals surface area contributed by atoms with Crippen molar-refractivity contribution in [2.45, 2.75) is 4.90 Å². The number of aliphatic carboxylic acids is 1. The van der Waals surface area contributed by atoms with E-state index in [4.69, 9.17) is 19.3 Å². The molecule has 2 aromatic carbocycles.